The molecule has 0 aliphatic heterocycles. The lowest BCUT2D eigenvalue weighted by molar-refractivity contribution is -0.139. The zero-order valence-electron chi connectivity index (χ0n) is 8.69. The molecule has 0 atom stereocenters. The fourth-order valence-corrected chi connectivity index (χ4v) is 1.93. The highest BCUT2D eigenvalue weighted by Gasteiger charge is 2.40. The summed E-state index contributed by atoms with van der Waals surface area (Å²) in [7, 11) is 0. The fraction of sp³-hybridized carbons (Fsp3) is 0.500. The highest BCUT2D eigenvalue weighted by atomic mass is 16.4. The van der Waals surface area contributed by atoms with Gasteiger partial charge in [-0.15, -0.1) is 0 Å². The van der Waals surface area contributed by atoms with E-state index in [9.17, 15) is 9.59 Å². The molecule has 1 saturated carbocycles. The second kappa shape index (κ2) is 3.96. The molecule has 0 saturated heterocycles. The lowest BCUT2D eigenvalue weighted by atomic mass is 9.74. The normalized spacial score (nSPS) is 17.5. The quantitative estimate of drug-likeness (QED) is 0.694. The Labute approximate surface area is 92.0 Å². The molecule has 0 radical (unpaired) electrons. The molecule has 1 heterocycles. The Bertz CT molecular complexity index is 395. The van der Waals surface area contributed by atoms with Gasteiger partial charge in [-0.2, -0.15) is 5.10 Å². The highest BCUT2D eigenvalue weighted by molar-refractivity contribution is 5.93. The smallest absolute Gasteiger partial charge is 0.305 e. The first-order valence-electron chi connectivity index (χ1n) is 5.15. The number of aromatic nitrogens is 2. The minimum atomic E-state index is -0.885. The summed E-state index contributed by atoms with van der Waals surface area (Å²) >= 11 is 0. The molecular formula is C10H13N3O3. The molecule has 1 aliphatic rings. The zero-order chi connectivity index (χ0) is 11.6. The van der Waals surface area contributed by atoms with Crippen molar-refractivity contribution in [1.29, 1.82) is 0 Å². The molecule has 6 heteroatoms. The van der Waals surface area contributed by atoms with Crippen LogP contribution in [0, 0.1) is 0 Å². The minimum Gasteiger partial charge on any atom is -0.481 e. The third kappa shape index (κ3) is 2.05. The van der Waals surface area contributed by atoms with Crippen molar-refractivity contribution >= 4 is 11.9 Å². The molecule has 16 heavy (non-hydrogen) atoms. The number of carboxylic acid groups (broad SMARTS) is 1. The number of carboxylic acids is 1. The van der Waals surface area contributed by atoms with E-state index in [0.717, 1.165) is 19.3 Å². The average Bonchev–Trinajstić information content (AvgIpc) is 2.66. The van der Waals surface area contributed by atoms with E-state index in [1.165, 1.54) is 6.20 Å². The average molecular weight is 223 g/mol. The van der Waals surface area contributed by atoms with Crippen LogP contribution in [0.3, 0.4) is 0 Å². The molecule has 1 aliphatic carbocycles. The van der Waals surface area contributed by atoms with Gasteiger partial charge in [-0.3, -0.25) is 14.7 Å². The Morgan fingerprint density at radius 3 is 2.75 bits per heavy atom. The highest BCUT2D eigenvalue weighted by Crippen LogP contribution is 2.35. The summed E-state index contributed by atoms with van der Waals surface area (Å²) in [6.45, 7) is 0. The van der Waals surface area contributed by atoms with Gasteiger partial charge in [0, 0.05) is 6.20 Å². The molecule has 1 aromatic heterocycles. The Morgan fingerprint density at radius 2 is 2.31 bits per heavy atom. The van der Waals surface area contributed by atoms with Crippen molar-refractivity contribution in [2.75, 3.05) is 0 Å². The van der Waals surface area contributed by atoms with Crippen LogP contribution in [0.25, 0.3) is 0 Å². The number of hydrogen-bond donors (Lipinski definition) is 3. The van der Waals surface area contributed by atoms with Crippen LogP contribution in [-0.4, -0.2) is 32.7 Å². The van der Waals surface area contributed by atoms with Gasteiger partial charge in [0.2, 0.25) is 0 Å². The predicted molar refractivity (Wildman–Crippen MR) is 54.9 cm³/mol. The summed E-state index contributed by atoms with van der Waals surface area (Å²) in [4.78, 5) is 22.4. The number of nitrogens with zero attached hydrogens (tertiary/aromatic N) is 1. The number of rotatable bonds is 4. The number of amides is 1. The molecule has 1 fully saturated rings. The van der Waals surface area contributed by atoms with E-state index in [4.69, 9.17) is 5.11 Å². The van der Waals surface area contributed by atoms with Gasteiger partial charge in [-0.05, 0) is 25.3 Å². The Hall–Kier alpha value is -1.85. The monoisotopic (exact) mass is 223 g/mol. The van der Waals surface area contributed by atoms with E-state index in [0.29, 0.717) is 5.69 Å². The van der Waals surface area contributed by atoms with E-state index in [-0.39, 0.29) is 12.3 Å². The largest absolute Gasteiger partial charge is 0.481 e. The first-order valence-corrected chi connectivity index (χ1v) is 5.15. The first kappa shape index (κ1) is 10.7. The molecule has 1 amide bonds. The number of H-pyrrole nitrogens is 1. The second-order valence-electron chi connectivity index (χ2n) is 4.13. The number of aromatic amines is 1. The van der Waals surface area contributed by atoms with Gasteiger partial charge in [0.15, 0.2) is 0 Å². The van der Waals surface area contributed by atoms with Crippen molar-refractivity contribution in [3.63, 3.8) is 0 Å². The van der Waals surface area contributed by atoms with Crippen molar-refractivity contribution in [3.05, 3.63) is 18.0 Å². The van der Waals surface area contributed by atoms with Gasteiger partial charge >= 0.3 is 5.97 Å². The topological polar surface area (TPSA) is 95.1 Å². The van der Waals surface area contributed by atoms with Crippen LogP contribution in [0.15, 0.2) is 12.3 Å². The summed E-state index contributed by atoms with van der Waals surface area (Å²) in [6, 6.07) is 1.56. The summed E-state index contributed by atoms with van der Waals surface area (Å²) < 4.78 is 0. The lowest BCUT2D eigenvalue weighted by Crippen LogP contribution is -2.54. The third-order valence-corrected chi connectivity index (χ3v) is 2.92. The van der Waals surface area contributed by atoms with Crippen LogP contribution in [-0.2, 0) is 4.79 Å². The van der Waals surface area contributed by atoms with E-state index < -0.39 is 11.5 Å². The van der Waals surface area contributed by atoms with Crippen molar-refractivity contribution in [2.45, 2.75) is 31.2 Å². The maximum Gasteiger partial charge on any atom is 0.305 e. The molecule has 3 N–H and O–H groups in total. The van der Waals surface area contributed by atoms with Gasteiger partial charge in [0.25, 0.3) is 5.91 Å². The Kier molecular flexibility index (Phi) is 2.64. The summed E-state index contributed by atoms with van der Waals surface area (Å²) in [6.07, 6.45) is 3.86. The maximum absolute atomic E-state index is 11.7. The van der Waals surface area contributed by atoms with Gasteiger partial charge in [-0.1, -0.05) is 0 Å². The minimum absolute atomic E-state index is 0.0210. The molecule has 1 aromatic rings. The summed E-state index contributed by atoms with van der Waals surface area (Å²) in [5.74, 6) is -1.18. The predicted octanol–water partition coefficient (Wildman–Crippen LogP) is 0.537. The fourth-order valence-electron chi connectivity index (χ4n) is 1.93. The van der Waals surface area contributed by atoms with Crippen LogP contribution in [0.5, 0.6) is 0 Å². The van der Waals surface area contributed by atoms with E-state index in [1.54, 1.807) is 6.07 Å². The van der Waals surface area contributed by atoms with Crippen LogP contribution < -0.4 is 5.32 Å². The van der Waals surface area contributed by atoms with Gasteiger partial charge in [0.05, 0.1) is 12.0 Å². The van der Waals surface area contributed by atoms with E-state index in [1.807, 2.05) is 0 Å². The number of carbonyl (C=O) groups is 2. The third-order valence-electron chi connectivity index (χ3n) is 2.92. The SMILES string of the molecule is O=C(O)CC1(NC(=O)c2ccn[nH]2)CCC1. The molecule has 86 valence electrons. The van der Waals surface area contributed by atoms with Crippen LogP contribution in [0.2, 0.25) is 0 Å². The standard InChI is InChI=1S/C10H13N3O3/c14-8(15)6-10(3-1-4-10)12-9(16)7-2-5-11-13-7/h2,5H,1,3-4,6H2,(H,11,13)(H,12,16)(H,14,15). The Balaban J connectivity index is 2.02. The van der Waals surface area contributed by atoms with Gasteiger partial charge in [0.1, 0.15) is 5.69 Å². The molecule has 0 aromatic carbocycles. The molecule has 2 rings (SSSR count). The van der Waals surface area contributed by atoms with Crippen molar-refractivity contribution in [1.82, 2.24) is 15.5 Å². The molecule has 0 bridgehead atoms. The first-order chi connectivity index (χ1) is 7.61. The number of hydrogen-bond acceptors (Lipinski definition) is 3. The van der Waals surface area contributed by atoms with Crippen molar-refractivity contribution in [3.8, 4) is 0 Å². The van der Waals surface area contributed by atoms with Crippen LogP contribution in [0.4, 0.5) is 0 Å². The lowest BCUT2D eigenvalue weighted by Gasteiger charge is -2.41. The van der Waals surface area contributed by atoms with Crippen molar-refractivity contribution < 1.29 is 14.7 Å². The zero-order valence-corrected chi connectivity index (χ0v) is 8.69. The summed E-state index contributed by atoms with van der Waals surface area (Å²) in [5, 5.41) is 17.8. The van der Waals surface area contributed by atoms with E-state index >= 15 is 0 Å². The molecule has 0 spiro atoms. The summed E-state index contributed by atoms with van der Waals surface area (Å²) in [5.41, 5.74) is -0.203. The van der Waals surface area contributed by atoms with Crippen LogP contribution in [0.1, 0.15) is 36.2 Å². The second-order valence-corrected chi connectivity index (χ2v) is 4.13. The molecular weight excluding hydrogens is 210 g/mol. The van der Waals surface area contributed by atoms with Gasteiger partial charge in [-0.25, -0.2) is 0 Å². The molecule has 0 unspecified atom stereocenters. The van der Waals surface area contributed by atoms with E-state index in [2.05, 4.69) is 15.5 Å². The maximum atomic E-state index is 11.7. The number of aliphatic carboxylic acids is 1. The van der Waals surface area contributed by atoms with Crippen LogP contribution >= 0.6 is 0 Å². The Morgan fingerprint density at radius 1 is 1.56 bits per heavy atom. The number of nitrogens with one attached hydrogen (secondary N) is 2. The van der Waals surface area contributed by atoms with Gasteiger partial charge < -0.3 is 10.4 Å². The molecule has 6 nitrogen and oxygen atoms in total. The van der Waals surface area contributed by atoms with Crippen molar-refractivity contribution in [2.24, 2.45) is 0 Å². The number of carbonyl (C=O) groups excluding carboxylic acids is 1.